The summed E-state index contributed by atoms with van der Waals surface area (Å²) in [5.74, 6) is 0. The fraction of sp³-hybridized carbons (Fsp3) is 0.250. The van der Waals surface area contributed by atoms with Gasteiger partial charge in [-0.25, -0.2) is 0 Å². The normalized spacial score (nSPS) is 14.6. The zero-order chi connectivity index (χ0) is 9.54. The molecule has 2 nitrogen and oxygen atoms in total. The van der Waals surface area contributed by atoms with Crippen molar-refractivity contribution in [3.63, 3.8) is 0 Å². The summed E-state index contributed by atoms with van der Waals surface area (Å²) in [6.07, 6.45) is 3.28. The highest BCUT2D eigenvalue weighted by atomic mass is 16.1. The molecule has 1 heterocycles. The molecule has 70 valence electrons. The monoisotopic (exact) mass is 185 g/mol. The number of rotatable bonds is 0. The largest absolute Gasteiger partial charge is 0.326 e. The van der Waals surface area contributed by atoms with Gasteiger partial charge in [-0.3, -0.25) is 4.79 Å². The van der Waals surface area contributed by atoms with Crippen molar-refractivity contribution in [1.82, 2.24) is 4.98 Å². The summed E-state index contributed by atoms with van der Waals surface area (Å²) in [5, 5.41) is 2.36. The van der Waals surface area contributed by atoms with Crippen LogP contribution >= 0.6 is 0 Å². The van der Waals surface area contributed by atoms with Crippen molar-refractivity contribution in [1.29, 1.82) is 0 Å². The maximum Gasteiger partial charge on any atom is 0.248 e. The lowest BCUT2D eigenvalue weighted by Crippen LogP contribution is -2.12. The van der Waals surface area contributed by atoms with Gasteiger partial charge in [-0.05, 0) is 30.2 Å². The number of nitrogens with one attached hydrogen (secondary N) is 1. The molecule has 0 radical (unpaired) electrons. The van der Waals surface area contributed by atoms with Gasteiger partial charge < -0.3 is 4.98 Å². The first kappa shape index (κ1) is 7.80. The van der Waals surface area contributed by atoms with Crippen molar-refractivity contribution in [2.75, 3.05) is 0 Å². The van der Waals surface area contributed by atoms with Gasteiger partial charge in [0.25, 0.3) is 0 Å². The van der Waals surface area contributed by atoms with Crippen molar-refractivity contribution in [2.45, 2.75) is 19.3 Å². The van der Waals surface area contributed by atoms with Crippen LogP contribution in [0.2, 0.25) is 0 Å². The molecule has 2 aromatic rings. The van der Waals surface area contributed by atoms with Crippen LogP contribution in [0.5, 0.6) is 0 Å². The summed E-state index contributed by atoms with van der Waals surface area (Å²) >= 11 is 0. The van der Waals surface area contributed by atoms with Gasteiger partial charge in [0.1, 0.15) is 0 Å². The highest BCUT2D eigenvalue weighted by Gasteiger charge is 2.12. The van der Waals surface area contributed by atoms with Crippen molar-refractivity contribution >= 4 is 10.8 Å². The highest BCUT2D eigenvalue weighted by molar-refractivity contribution is 5.88. The first-order valence-corrected chi connectivity index (χ1v) is 4.98. The third-order valence-corrected chi connectivity index (χ3v) is 2.92. The molecule has 0 spiro atoms. The summed E-state index contributed by atoms with van der Waals surface area (Å²) in [6.45, 7) is 0. The number of pyridine rings is 1. The van der Waals surface area contributed by atoms with Crippen LogP contribution in [0.4, 0.5) is 0 Å². The van der Waals surface area contributed by atoms with E-state index in [2.05, 4.69) is 11.1 Å². The maximum atomic E-state index is 11.3. The molecular formula is C12H11NO. The SMILES string of the molecule is O=c1cc2cccc3c2c([nH]1)CCC3. The summed E-state index contributed by atoms with van der Waals surface area (Å²) in [5.41, 5.74) is 2.51. The smallest absolute Gasteiger partial charge is 0.248 e. The Hall–Kier alpha value is -1.57. The maximum absolute atomic E-state index is 11.3. The number of H-pyrrole nitrogens is 1. The zero-order valence-electron chi connectivity index (χ0n) is 7.84. The molecule has 14 heavy (non-hydrogen) atoms. The number of benzene rings is 1. The number of hydrogen-bond donors (Lipinski definition) is 1. The minimum absolute atomic E-state index is 0.0200. The second-order valence-electron chi connectivity index (χ2n) is 3.85. The quantitative estimate of drug-likeness (QED) is 0.669. The summed E-state index contributed by atoms with van der Waals surface area (Å²) in [7, 11) is 0. The lowest BCUT2D eigenvalue weighted by atomic mass is 9.92. The second kappa shape index (κ2) is 2.71. The molecule has 3 rings (SSSR count). The van der Waals surface area contributed by atoms with Crippen LogP contribution in [-0.2, 0) is 12.8 Å². The molecule has 1 aromatic carbocycles. The summed E-state index contributed by atoms with van der Waals surface area (Å²) < 4.78 is 0. The minimum Gasteiger partial charge on any atom is -0.326 e. The van der Waals surface area contributed by atoms with Crippen LogP contribution in [-0.4, -0.2) is 4.98 Å². The van der Waals surface area contributed by atoms with E-state index in [9.17, 15) is 4.79 Å². The lowest BCUT2D eigenvalue weighted by molar-refractivity contribution is 0.782. The first-order chi connectivity index (χ1) is 6.84. The van der Waals surface area contributed by atoms with E-state index in [1.165, 1.54) is 10.9 Å². The first-order valence-electron chi connectivity index (χ1n) is 4.98. The Kier molecular flexibility index (Phi) is 1.51. The van der Waals surface area contributed by atoms with Gasteiger partial charge in [0, 0.05) is 17.1 Å². The van der Waals surface area contributed by atoms with Gasteiger partial charge in [0.05, 0.1) is 0 Å². The Balaban J connectivity index is 2.54. The van der Waals surface area contributed by atoms with E-state index in [1.54, 1.807) is 6.07 Å². The molecule has 1 aliphatic rings. The molecule has 0 fully saturated rings. The van der Waals surface area contributed by atoms with E-state index >= 15 is 0 Å². The van der Waals surface area contributed by atoms with E-state index in [4.69, 9.17) is 0 Å². The molecule has 0 amide bonds. The van der Waals surface area contributed by atoms with Crippen LogP contribution in [0.3, 0.4) is 0 Å². The lowest BCUT2D eigenvalue weighted by Gasteiger charge is -2.15. The van der Waals surface area contributed by atoms with Crippen molar-refractivity contribution in [2.24, 2.45) is 0 Å². The van der Waals surface area contributed by atoms with Gasteiger partial charge in [-0.2, -0.15) is 0 Å². The third-order valence-electron chi connectivity index (χ3n) is 2.92. The molecule has 0 saturated heterocycles. The fourth-order valence-electron chi connectivity index (χ4n) is 2.35. The van der Waals surface area contributed by atoms with Crippen LogP contribution in [0.1, 0.15) is 17.7 Å². The van der Waals surface area contributed by atoms with E-state index in [1.807, 2.05) is 12.1 Å². The van der Waals surface area contributed by atoms with Gasteiger partial charge in [0.15, 0.2) is 0 Å². The Bertz CT molecular complexity index is 554. The van der Waals surface area contributed by atoms with E-state index < -0.39 is 0 Å². The van der Waals surface area contributed by atoms with Gasteiger partial charge in [-0.15, -0.1) is 0 Å². The molecule has 0 saturated carbocycles. The molecular weight excluding hydrogens is 174 g/mol. The average molecular weight is 185 g/mol. The van der Waals surface area contributed by atoms with Gasteiger partial charge in [-0.1, -0.05) is 18.2 Å². The van der Waals surface area contributed by atoms with Gasteiger partial charge in [0.2, 0.25) is 5.56 Å². The Morgan fingerprint density at radius 3 is 3.07 bits per heavy atom. The van der Waals surface area contributed by atoms with E-state index in [0.29, 0.717) is 0 Å². The highest BCUT2D eigenvalue weighted by Crippen LogP contribution is 2.26. The second-order valence-corrected chi connectivity index (χ2v) is 3.85. The molecule has 0 atom stereocenters. The van der Waals surface area contributed by atoms with Gasteiger partial charge >= 0.3 is 0 Å². The standard InChI is InChI=1S/C12H11NO/c14-11-7-9-5-1-3-8-4-2-6-10(13-11)12(8)9/h1,3,5,7H,2,4,6H2,(H,13,14). The van der Waals surface area contributed by atoms with Crippen LogP contribution in [0, 0.1) is 0 Å². The Labute approximate surface area is 81.6 Å². The molecule has 2 heteroatoms. The number of aryl methyl sites for hydroxylation is 2. The fourth-order valence-corrected chi connectivity index (χ4v) is 2.35. The zero-order valence-corrected chi connectivity index (χ0v) is 7.84. The van der Waals surface area contributed by atoms with Crippen LogP contribution in [0.15, 0.2) is 29.1 Å². The van der Waals surface area contributed by atoms with Crippen molar-refractivity contribution < 1.29 is 0 Å². The van der Waals surface area contributed by atoms with E-state index in [0.717, 1.165) is 30.3 Å². The number of aromatic nitrogens is 1. The Morgan fingerprint density at radius 1 is 1.21 bits per heavy atom. The minimum atomic E-state index is 0.0200. The van der Waals surface area contributed by atoms with E-state index in [-0.39, 0.29) is 5.56 Å². The molecule has 0 bridgehead atoms. The summed E-state index contributed by atoms with van der Waals surface area (Å²) in [4.78, 5) is 14.3. The van der Waals surface area contributed by atoms with Crippen LogP contribution in [0.25, 0.3) is 10.8 Å². The summed E-state index contributed by atoms with van der Waals surface area (Å²) in [6, 6.07) is 7.89. The third kappa shape index (κ3) is 1.00. The predicted octanol–water partition coefficient (Wildman–Crippen LogP) is 2.02. The molecule has 1 N–H and O–H groups in total. The molecule has 0 aliphatic heterocycles. The Morgan fingerprint density at radius 2 is 2.14 bits per heavy atom. The molecule has 1 aliphatic carbocycles. The average Bonchev–Trinajstić information content (AvgIpc) is 2.18. The predicted molar refractivity (Wildman–Crippen MR) is 56.6 cm³/mol. The van der Waals surface area contributed by atoms with Crippen molar-refractivity contribution in [3.8, 4) is 0 Å². The van der Waals surface area contributed by atoms with Crippen molar-refractivity contribution in [3.05, 3.63) is 45.9 Å². The van der Waals surface area contributed by atoms with Crippen LogP contribution < -0.4 is 5.56 Å². The topological polar surface area (TPSA) is 32.9 Å². The number of aromatic amines is 1. The molecule has 1 aromatic heterocycles. The molecule has 0 unspecified atom stereocenters. The number of hydrogen-bond acceptors (Lipinski definition) is 1.